The molecule has 0 atom stereocenters. The average Bonchev–Trinajstić information content (AvgIpc) is 2.42. The predicted molar refractivity (Wildman–Crippen MR) is 74.8 cm³/mol. The second-order valence-electron chi connectivity index (χ2n) is 4.29. The molecule has 2 rings (SSSR count). The molecule has 1 N–H and O–H groups in total. The van der Waals surface area contributed by atoms with Gasteiger partial charge in [-0.05, 0) is 30.0 Å². The average molecular weight is 243 g/mol. The van der Waals surface area contributed by atoms with Gasteiger partial charge in [-0.3, -0.25) is 4.39 Å². The Kier molecular flexibility index (Phi) is 4.77. The molecule has 1 nitrogen and oxygen atoms in total. The van der Waals surface area contributed by atoms with Crippen molar-refractivity contribution in [2.75, 3.05) is 18.5 Å². The van der Waals surface area contributed by atoms with E-state index in [2.05, 4.69) is 41.7 Å². The van der Waals surface area contributed by atoms with E-state index in [9.17, 15) is 4.39 Å². The monoisotopic (exact) mass is 243 g/mol. The lowest BCUT2D eigenvalue weighted by Gasteiger charge is -2.11. The van der Waals surface area contributed by atoms with Gasteiger partial charge < -0.3 is 5.32 Å². The van der Waals surface area contributed by atoms with Gasteiger partial charge in [0.15, 0.2) is 0 Å². The van der Waals surface area contributed by atoms with Gasteiger partial charge in [0, 0.05) is 12.2 Å². The SMILES string of the molecule is FCCCNc1ccccc1Cc1ccccc1. The lowest BCUT2D eigenvalue weighted by atomic mass is 10.0. The highest BCUT2D eigenvalue weighted by molar-refractivity contribution is 5.52. The molecule has 0 aromatic heterocycles. The Hall–Kier alpha value is -1.83. The highest BCUT2D eigenvalue weighted by Crippen LogP contribution is 2.18. The van der Waals surface area contributed by atoms with Crippen molar-refractivity contribution in [1.29, 1.82) is 0 Å². The zero-order chi connectivity index (χ0) is 12.6. The van der Waals surface area contributed by atoms with E-state index < -0.39 is 0 Å². The second kappa shape index (κ2) is 6.80. The largest absolute Gasteiger partial charge is 0.385 e. The minimum Gasteiger partial charge on any atom is -0.385 e. The lowest BCUT2D eigenvalue weighted by molar-refractivity contribution is 0.481. The van der Waals surface area contributed by atoms with Crippen molar-refractivity contribution in [3.05, 3.63) is 65.7 Å². The van der Waals surface area contributed by atoms with Crippen molar-refractivity contribution in [1.82, 2.24) is 0 Å². The molecule has 0 radical (unpaired) electrons. The van der Waals surface area contributed by atoms with Gasteiger partial charge in [-0.1, -0.05) is 48.5 Å². The summed E-state index contributed by atoms with van der Waals surface area (Å²) >= 11 is 0. The number of benzene rings is 2. The molecule has 18 heavy (non-hydrogen) atoms. The van der Waals surface area contributed by atoms with E-state index >= 15 is 0 Å². The molecular formula is C16H18FN. The van der Waals surface area contributed by atoms with Crippen molar-refractivity contribution in [3.8, 4) is 0 Å². The van der Waals surface area contributed by atoms with Crippen molar-refractivity contribution >= 4 is 5.69 Å². The van der Waals surface area contributed by atoms with E-state index in [1.165, 1.54) is 11.1 Å². The van der Waals surface area contributed by atoms with Crippen molar-refractivity contribution in [2.24, 2.45) is 0 Å². The van der Waals surface area contributed by atoms with Crippen molar-refractivity contribution < 1.29 is 4.39 Å². The number of rotatable bonds is 6. The van der Waals surface area contributed by atoms with Crippen LogP contribution in [0, 0.1) is 0 Å². The van der Waals surface area contributed by atoms with E-state index in [0.29, 0.717) is 13.0 Å². The topological polar surface area (TPSA) is 12.0 Å². The third-order valence-electron chi connectivity index (χ3n) is 2.88. The summed E-state index contributed by atoms with van der Waals surface area (Å²) in [5, 5.41) is 3.29. The Morgan fingerprint density at radius 2 is 1.61 bits per heavy atom. The van der Waals surface area contributed by atoms with E-state index in [1.54, 1.807) is 0 Å². The maximum atomic E-state index is 12.1. The number of anilines is 1. The molecular weight excluding hydrogens is 225 g/mol. The number of hydrogen-bond donors (Lipinski definition) is 1. The molecule has 2 heteroatoms. The van der Waals surface area contributed by atoms with Gasteiger partial charge >= 0.3 is 0 Å². The first-order valence-electron chi connectivity index (χ1n) is 6.32. The molecule has 0 saturated heterocycles. The van der Waals surface area contributed by atoms with E-state index in [4.69, 9.17) is 0 Å². The second-order valence-corrected chi connectivity index (χ2v) is 4.29. The summed E-state index contributed by atoms with van der Waals surface area (Å²) in [6.07, 6.45) is 1.46. The fourth-order valence-electron chi connectivity index (χ4n) is 1.95. The number of hydrogen-bond acceptors (Lipinski definition) is 1. The van der Waals surface area contributed by atoms with Gasteiger partial charge in [0.25, 0.3) is 0 Å². The van der Waals surface area contributed by atoms with Crippen LogP contribution in [0.3, 0.4) is 0 Å². The first-order valence-corrected chi connectivity index (χ1v) is 6.32. The molecule has 0 amide bonds. The lowest BCUT2D eigenvalue weighted by Crippen LogP contribution is -2.05. The normalized spacial score (nSPS) is 10.3. The fourth-order valence-corrected chi connectivity index (χ4v) is 1.95. The molecule has 0 spiro atoms. The van der Waals surface area contributed by atoms with Crippen LogP contribution >= 0.6 is 0 Å². The Labute approximate surface area is 108 Å². The maximum absolute atomic E-state index is 12.1. The highest BCUT2D eigenvalue weighted by atomic mass is 19.1. The van der Waals surface area contributed by atoms with Crippen LogP contribution in [-0.2, 0) is 6.42 Å². The summed E-state index contributed by atoms with van der Waals surface area (Å²) in [5.41, 5.74) is 3.65. The first kappa shape index (κ1) is 12.6. The van der Waals surface area contributed by atoms with Gasteiger partial charge in [0.05, 0.1) is 6.67 Å². The van der Waals surface area contributed by atoms with Crippen molar-refractivity contribution in [3.63, 3.8) is 0 Å². The third kappa shape index (κ3) is 3.59. The Bertz CT molecular complexity index is 468. The summed E-state index contributed by atoms with van der Waals surface area (Å²) in [6, 6.07) is 18.6. The molecule has 0 aliphatic carbocycles. The molecule has 0 saturated carbocycles. The van der Waals surface area contributed by atoms with Gasteiger partial charge in [0.1, 0.15) is 0 Å². The molecule has 2 aromatic carbocycles. The number of halogens is 1. The van der Waals surface area contributed by atoms with Crippen LogP contribution in [0.5, 0.6) is 0 Å². The molecule has 2 aromatic rings. The molecule has 94 valence electrons. The van der Waals surface area contributed by atoms with Gasteiger partial charge in [-0.25, -0.2) is 0 Å². The number of alkyl halides is 1. The summed E-state index contributed by atoms with van der Waals surface area (Å²) < 4.78 is 12.1. The molecule has 0 aliphatic rings. The van der Waals surface area contributed by atoms with E-state index in [1.807, 2.05) is 18.2 Å². The smallest absolute Gasteiger partial charge is 0.0911 e. The van der Waals surface area contributed by atoms with Crippen LogP contribution in [0.1, 0.15) is 17.5 Å². The third-order valence-corrected chi connectivity index (χ3v) is 2.88. The molecule has 0 fully saturated rings. The van der Waals surface area contributed by atoms with Crippen LogP contribution in [0.25, 0.3) is 0 Å². The number of nitrogens with one attached hydrogen (secondary N) is 1. The van der Waals surface area contributed by atoms with E-state index in [-0.39, 0.29) is 6.67 Å². The minimum absolute atomic E-state index is 0.270. The molecule has 0 unspecified atom stereocenters. The summed E-state index contributed by atoms with van der Waals surface area (Å²) in [6.45, 7) is 0.413. The Morgan fingerprint density at radius 3 is 2.39 bits per heavy atom. The standard InChI is InChI=1S/C16H18FN/c17-11-6-12-18-16-10-5-4-9-15(16)13-14-7-2-1-3-8-14/h1-5,7-10,18H,6,11-13H2. The zero-order valence-electron chi connectivity index (χ0n) is 10.4. The van der Waals surface area contributed by atoms with Crippen LogP contribution < -0.4 is 5.32 Å². The quantitative estimate of drug-likeness (QED) is 0.755. The van der Waals surface area contributed by atoms with Crippen molar-refractivity contribution in [2.45, 2.75) is 12.8 Å². The minimum atomic E-state index is -0.270. The first-order chi connectivity index (χ1) is 8.90. The zero-order valence-corrected chi connectivity index (χ0v) is 10.4. The predicted octanol–water partition coefficient (Wildman–Crippen LogP) is 4.05. The molecule has 0 heterocycles. The summed E-state index contributed by atoms with van der Waals surface area (Å²) in [5.74, 6) is 0. The number of para-hydroxylation sites is 1. The van der Waals surface area contributed by atoms with Crippen LogP contribution in [-0.4, -0.2) is 13.2 Å². The summed E-state index contributed by atoms with van der Waals surface area (Å²) in [4.78, 5) is 0. The van der Waals surface area contributed by atoms with Gasteiger partial charge in [-0.15, -0.1) is 0 Å². The summed E-state index contributed by atoms with van der Waals surface area (Å²) in [7, 11) is 0. The molecule has 0 bridgehead atoms. The highest BCUT2D eigenvalue weighted by Gasteiger charge is 2.02. The Morgan fingerprint density at radius 1 is 0.889 bits per heavy atom. The maximum Gasteiger partial charge on any atom is 0.0911 e. The van der Waals surface area contributed by atoms with Crippen LogP contribution in [0.4, 0.5) is 10.1 Å². The van der Waals surface area contributed by atoms with Gasteiger partial charge in [-0.2, -0.15) is 0 Å². The van der Waals surface area contributed by atoms with E-state index in [0.717, 1.165) is 12.1 Å². The van der Waals surface area contributed by atoms with Crippen LogP contribution in [0.2, 0.25) is 0 Å². The van der Waals surface area contributed by atoms with Crippen LogP contribution in [0.15, 0.2) is 54.6 Å². The molecule has 0 aliphatic heterocycles. The van der Waals surface area contributed by atoms with Gasteiger partial charge in [0.2, 0.25) is 0 Å². The Balaban J connectivity index is 2.07. The fraction of sp³-hybridized carbons (Fsp3) is 0.250.